The van der Waals surface area contributed by atoms with Crippen LogP contribution < -0.4 is 5.73 Å². The number of likely N-dealkylation sites (tertiary alicyclic amines) is 1. The number of hydrogen-bond donors (Lipinski definition) is 1. The van der Waals surface area contributed by atoms with E-state index < -0.39 is 0 Å². The fraction of sp³-hybridized carbons (Fsp3) is 0.909. The summed E-state index contributed by atoms with van der Waals surface area (Å²) in [7, 11) is 2.21. The van der Waals surface area contributed by atoms with Crippen molar-refractivity contribution in [2.45, 2.75) is 34.1 Å². The van der Waals surface area contributed by atoms with Crippen molar-refractivity contribution in [1.82, 2.24) is 4.90 Å². The van der Waals surface area contributed by atoms with Crippen LogP contribution in [0.5, 0.6) is 0 Å². The summed E-state index contributed by atoms with van der Waals surface area (Å²) in [6.07, 6.45) is 1.64. The number of amides is 1. The smallest absolute Gasteiger partial charge is 0.204 e. The highest BCUT2D eigenvalue weighted by Gasteiger charge is 2.19. The molecular formula is C11H26N2O. The molecule has 1 saturated heterocycles. The van der Waals surface area contributed by atoms with Crippen molar-refractivity contribution in [3.8, 4) is 0 Å². The topological polar surface area (TPSA) is 46.3 Å². The maximum atomic E-state index is 8.58. The molecule has 0 spiro atoms. The van der Waals surface area contributed by atoms with E-state index in [4.69, 9.17) is 4.79 Å². The Kier molecular flexibility index (Phi) is 11.9. The minimum absolute atomic E-state index is 0.250. The van der Waals surface area contributed by atoms with Crippen LogP contribution in [0.1, 0.15) is 34.1 Å². The Balaban J connectivity index is 0. The summed E-state index contributed by atoms with van der Waals surface area (Å²) in [5, 5.41) is 0. The second-order valence-electron chi connectivity index (χ2n) is 3.64. The van der Waals surface area contributed by atoms with Crippen LogP contribution in [-0.2, 0) is 4.79 Å². The summed E-state index contributed by atoms with van der Waals surface area (Å²) in [5.74, 6) is 1.85. The molecule has 2 N–H and O–H groups in total. The molecule has 86 valence electrons. The van der Waals surface area contributed by atoms with Crippen molar-refractivity contribution in [3.63, 3.8) is 0 Å². The molecule has 1 heterocycles. The molecular weight excluding hydrogens is 176 g/mol. The molecule has 1 aliphatic rings. The first-order valence-electron chi connectivity index (χ1n) is 5.45. The third-order valence-electron chi connectivity index (χ3n) is 2.54. The van der Waals surface area contributed by atoms with Gasteiger partial charge in [-0.05, 0) is 31.8 Å². The number of primary amides is 1. The van der Waals surface area contributed by atoms with Gasteiger partial charge in [-0.25, -0.2) is 0 Å². The predicted octanol–water partition coefficient (Wildman–Crippen LogP) is 1.72. The summed E-state index contributed by atoms with van der Waals surface area (Å²) in [5.41, 5.74) is 4.17. The largest absolute Gasteiger partial charge is 0.372 e. The molecule has 1 aliphatic heterocycles. The number of hydrogen-bond acceptors (Lipinski definition) is 2. The van der Waals surface area contributed by atoms with Gasteiger partial charge in [0, 0.05) is 6.54 Å². The van der Waals surface area contributed by atoms with Gasteiger partial charge in [-0.2, -0.15) is 0 Å². The van der Waals surface area contributed by atoms with Crippen molar-refractivity contribution in [3.05, 3.63) is 0 Å². The molecule has 0 saturated carbocycles. The van der Waals surface area contributed by atoms with Gasteiger partial charge < -0.3 is 10.6 Å². The van der Waals surface area contributed by atoms with Crippen molar-refractivity contribution in [1.29, 1.82) is 0 Å². The first-order valence-corrected chi connectivity index (χ1v) is 5.45. The van der Waals surface area contributed by atoms with Crippen LogP contribution in [0.4, 0.5) is 0 Å². The van der Waals surface area contributed by atoms with E-state index in [1.807, 2.05) is 13.8 Å². The number of nitrogens with zero attached hydrogens (tertiary/aromatic N) is 1. The van der Waals surface area contributed by atoms with E-state index in [-0.39, 0.29) is 6.41 Å². The van der Waals surface area contributed by atoms with Gasteiger partial charge in [-0.3, -0.25) is 4.79 Å². The Labute approximate surface area is 88.7 Å². The van der Waals surface area contributed by atoms with Crippen LogP contribution in [-0.4, -0.2) is 31.4 Å². The Morgan fingerprint density at radius 1 is 1.29 bits per heavy atom. The summed E-state index contributed by atoms with van der Waals surface area (Å²) in [6, 6.07) is 0. The maximum absolute atomic E-state index is 8.58. The number of carbonyl (C=O) groups is 1. The number of nitrogens with two attached hydrogens (primary N) is 1. The monoisotopic (exact) mass is 202 g/mol. The van der Waals surface area contributed by atoms with E-state index in [1.165, 1.54) is 19.5 Å². The van der Waals surface area contributed by atoms with Crippen LogP contribution in [0.2, 0.25) is 0 Å². The van der Waals surface area contributed by atoms with Crippen molar-refractivity contribution in [2.75, 3.05) is 20.1 Å². The fourth-order valence-corrected chi connectivity index (χ4v) is 1.47. The fourth-order valence-electron chi connectivity index (χ4n) is 1.47. The van der Waals surface area contributed by atoms with Gasteiger partial charge in [-0.1, -0.05) is 27.7 Å². The predicted molar refractivity (Wildman–Crippen MR) is 62.0 cm³/mol. The van der Waals surface area contributed by atoms with Crippen LogP contribution in [0.3, 0.4) is 0 Å². The lowest BCUT2D eigenvalue weighted by Gasteiger charge is -2.32. The maximum Gasteiger partial charge on any atom is 0.204 e. The van der Waals surface area contributed by atoms with Gasteiger partial charge in [0.2, 0.25) is 6.41 Å². The molecule has 0 aromatic carbocycles. The highest BCUT2D eigenvalue weighted by atomic mass is 16.1. The van der Waals surface area contributed by atoms with E-state index >= 15 is 0 Å². The normalized spacial score (nSPS) is 26.4. The van der Waals surface area contributed by atoms with E-state index in [9.17, 15) is 0 Å². The lowest BCUT2D eigenvalue weighted by Crippen LogP contribution is -2.35. The molecule has 0 aromatic heterocycles. The molecule has 0 aromatic rings. The summed E-state index contributed by atoms with van der Waals surface area (Å²) in [6.45, 7) is 11.3. The van der Waals surface area contributed by atoms with Gasteiger partial charge in [0.05, 0.1) is 0 Å². The Morgan fingerprint density at radius 3 is 2.00 bits per heavy atom. The van der Waals surface area contributed by atoms with Crippen molar-refractivity contribution < 1.29 is 4.79 Å². The summed E-state index contributed by atoms with van der Waals surface area (Å²) in [4.78, 5) is 11.0. The molecule has 14 heavy (non-hydrogen) atoms. The number of carbonyl (C=O) groups excluding carboxylic acids is 1. The molecule has 0 bridgehead atoms. The van der Waals surface area contributed by atoms with E-state index in [0.717, 1.165) is 11.8 Å². The molecule has 0 radical (unpaired) electrons. The molecule has 3 nitrogen and oxygen atoms in total. The molecule has 1 amide bonds. The standard InChI is InChI=1S/C8H17N.C2H6.CH3NO/c1-7-4-5-9(3)6-8(7)2;1-2;2-1-3/h7-8H,4-6H2,1-3H3;1-2H3;1H,(H2,2,3). The lowest BCUT2D eigenvalue weighted by molar-refractivity contribution is -0.106. The minimum Gasteiger partial charge on any atom is -0.372 e. The second kappa shape index (κ2) is 10.5. The molecule has 2 atom stereocenters. The van der Waals surface area contributed by atoms with E-state index in [2.05, 4.69) is 31.5 Å². The Morgan fingerprint density at radius 2 is 1.71 bits per heavy atom. The van der Waals surface area contributed by atoms with E-state index in [0.29, 0.717) is 0 Å². The highest BCUT2D eigenvalue weighted by molar-refractivity contribution is 5.42. The number of piperidine rings is 1. The van der Waals surface area contributed by atoms with Gasteiger partial charge >= 0.3 is 0 Å². The first-order chi connectivity index (χ1) is 6.61. The minimum atomic E-state index is 0.250. The van der Waals surface area contributed by atoms with Crippen LogP contribution in [0.25, 0.3) is 0 Å². The zero-order chi connectivity index (χ0) is 11.6. The van der Waals surface area contributed by atoms with Crippen LogP contribution >= 0.6 is 0 Å². The molecule has 0 aliphatic carbocycles. The second-order valence-corrected chi connectivity index (χ2v) is 3.64. The lowest BCUT2D eigenvalue weighted by atomic mass is 9.89. The third-order valence-corrected chi connectivity index (χ3v) is 2.54. The molecule has 3 heteroatoms. The van der Waals surface area contributed by atoms with Crippen molar-refractivity contribution in [2.24, 2.45) is 17.6 Å². The van der Waals surface area contributed by atoms with Crippen LogP contribution in [0.15, 0.2) is 0 Å². The zero-order valence-electron chi connectivity index (χ0n) is 10.3. The SMILES string of the molecule is CC.CC1CCN(C)CC1C.NC=O. The molecule has 1 fully saturated rings. The van der Waals surface area contributed by atoms with Crippen LogP contribution in [0, 0.1) is 11.8 Å². The summed E-state index contributed by atoms with van der Waals surface area (Å²) >= 11 is 0. The van der Waals surface area contributed by atoms with Gasteiger partial charge in [0.25, 0.3) is 0 Å². The first kappa shape index (κ1) is 15.9. The highest BCUT2D eigenvalue weighted by Crippen LogP contribution is 2.20. The zero-order valence-corrected chi connectivity index (χ0v) is 10.3. The van der Waals surface area contributed by atoms with E-state index in [1.54, 1.807) is 0 Å². The van der Waals surface area contributed by atoms with Gasteiger partial charge in [0.1, 0.15) is 0 Å². The van der Waals surface area contributed by atoms with Gasteiger partial charge in [0.15, 0.2) is 0 Å². The Bertz CT molecular complexity index is 128. The molecule has 2 unspecified atom stereocenters. The average molecular weight is 202 g/mol. The Hall–Kier alpha value is -0.570. The average Bonchev–Trinajstić information content (AvgIpc) is 2.17. The van der Waals surface area contributed by atoms with Gasteiger partial charge in [-0.15, -0.1) is 0 Å². The third kappa shape index (κ3) is 8.05. The summed E-state index contributed by atoms with van der Waals surface area (Å²) < 4.78 is 0. The quantitative estimate of drug-likeness (QED) is 0.608. The van der Waals surface area contributed by atoms with Crippen molar-refractivity contribution >= 4 is 6.41 Å². The molecule has 1 rings (SSSR count). The number of rotatable bonds is 0.